The number of ether oxygens (including phenoxy) is 5. The molecule has 25 heavy (non-hydrogen) atoms. The van der Waals surface area contributed by atoms with Crippen LogP contribution in [0.4, 0.5) is 13.2 Å². The number of carbonyl (C=O) groups is 1. The average Bonchev–Trinajstić information content (AvgIpc) is 2.57. The third kappa shape index (κ3) is 4.95. The molecule has 0 aliphatic carbocycles. The van der Waals surface area contributed by atoms with Gasteiger partial charge in [-0.1, -0.05) is 0 Å². The lowest BCUT2D eigenvalue weighted by molar-refractivity contribution is -0.142. The van der Waals surface area contributed by atoms with Crippen molar-refractivity contribution < 1.29 is 41.7 Å². The third-order valence-corrected chi connectivity index (χ3v) is 3.15. The molecule has 0 bridgehead atoms. The molecular formula is C15H20F3NO6. The quantitative estimate of drug-likeness (QED) is 0.516. The minimum absolute atomic E-state index is 0.0324. The number of esters is 1. The predicted molar refractivity (Wildman–Crippen MR) is 79.6 cm³/mol. The van der Waals surface area contributed by atoms with Crippen molar-refractivity contribution in [3.63, 3.8) is 0 Å². The Morgan fingerprint density at radius 1 is 1.20 bits per heavy atom. The summed E-state index contributed by atoms with van der Waals surface area (Å²) in [6, 6.07) is 0. The topological polar surface area (TPSA) is 76.1 Å². The molecule has 0 saturated carbocycles. The summed E-state index contributed by atoms with van der Waals surface area (Å²) < 4.78 is 65.0. The molecule has 0 aromatic carbocycles. The van der Waals surface area contributed by atoms with E-state index < -0.39 is 29.7 Å². The zero-order valence-corrected chi connectivity index (χ0v) is 14.5. The Labute approximate surface area is 143 Å². The van der Waals surface area contributed by atoms with Gasteiger partial charge >= 0.3 is 12.1 Å². The number of methoxy groups -OCH3 is 3. The van der Waals surface area contributed by atoms with Crippen LogP contribution >= 0.6 is 0 Å². The molecule has 0 amide bonds. The van der Waals surface area contributed by atoms with Crippen LogP contribution in [0.15, 0.2) is 0 Å². The molecule has 0 aliphatic rings. The van der Waals surface area contributed by atoms with E-state index in [-0.39, 0.29) is 30.4 Å². The van der Waals surface area contributed by atoms with Crippen LogP contribution < -0.4 is 9.47 Å². The maximum atomic E-state index is 13.3. The van der Waals surface area contributed by atoms with E-state index in [1.165, 1.54) is 14.0 Å². The molecule has 0 radical (unpaired) electrons. The summed E-state index contributed by atoms with van der Waals surface area (Å²) in [5.74, 6) is -1.95. The van der Waals surface area contributed by atoms with Gasteiger partial charge in [0.05, 0.1) is 33.0 Å². The second-order valence-electron chi connectivity index (χ2n) is 4.69. The number of hydrogen-bond donors (Lipinski definition) is 0. The van der Waals surface area contributed by atoms with Gasteiger partial charge in [-0.3, -0.25) is 0 Å². The molecule has 142 valence electrons. The van der Waals surface area contributed by atoms with Crippen LogP contribution in [0.2, 0.25) is 0 Å². The van der Waals surface area contributed by atoms with Gasteiger partial charge in [0.25, 0.3) is 0 Å². The van der Waals surface area contributed by atoms with Crippen LogP contribution in [-0.4, -0.2) is 45.2 Å². The highest BCUT2D eigenvalue weighted by atomic mass is 19.4. The Hall–Kier alpha value is -2.07. The molecule has 7 nitrogen and oxygen atoms in total. The van der Waals surface area contributed by atoms with E-state index in [9.17, 15) is 18.0 Å². The summed E-state index contributed by atoms with van der Waals surface area (Å²) in [7, 11) is 3.67. The van der Waals surface area contributed by atoms with Gasteiger partial charge in [-0.2, -0.15) is 13.2 Å². The molecule has 1 aromatic rings. The molecule has 0 fully saturated rings. The van der Waals surface area contributed by atoms with E-state index in [2.05, 4.69) is 4.98 Å². The van der Waals surface area contributed by atoms with Crippen LogP contribution in [0.1, 0.15) is 35.5 Å². The van der Waals surface area contributed by atoms with Crippen LogP contribution in [0.25, 0.3) is 0 Å². The number of halogens is 3. The fourth-order valence-corrected chi connectivity index (χ4v) is 1.97. The van der Waals surface area contributed by atoms with E-state index in [0.717, 1.165) is 14.2 Å². The Bertz CT molecular complexity index is 606. The zero-order valence-electron chi connectivity index (χ0n) is 14.5. The van der Waals surface area contributed by atoms with Crippen molar-refractivity contribution in [2.45, 2.75) is 32.9 Å². The van der Waals surface area contributed by atoms with Crippen molar-refractivity contribution in [1.82, 2.24) is 4.98 Å². The summed E-state index contributed by atoms with van der Waals surface area (Å²) in [5.41, 5.74) is -2.26. The molecule has 0 spiro atoms. The normalized spacial score (nSPS) is 12.6. The first-order valence-electron chi connectivity index (χ1n) is 7.24. The molecule has 0 aliphatic heterocycles. The van der Waals surface area contributed by atoms with Gasteiger partial charge in [0.2, 0.25) is 5.88 Å². The minimum Gasteiger partial charge on any atom is -0.495 e. The standard InChI is InChI=1S/C15H20F3NO6/c1-6-24-14(20)10-11(22-4)9(7-25-8(2)21-3)13(23-5)19-12(10)15(16,17)18/h8H,6-7H2,1-5H3. The summed E-state index contributed by atoms with van der Waals surface area (Å²) in [6.07, 6.45) is -5.57. The van der Waals surface area contributed by atoms with Crippen molar-refractivity contribution in [2.24, 2.45) is 0 Å². The van der Waals surface area contributed by atoms with Gasteiger partial charge in [0.15, 0.2) is 12.0 Å². The molecule has 1 heterocycles. The SMILES string of the molecule is CCOC(=O)c1c(C(F)(F)F)nc(OC)c(COC(C)OC)c1OC. The van der Waals surface area contributed by atoms with Gasteiger partial charge < -0.3 is 23.7 Å². The first kappa shape index (κ1) is 21.0. The van der Waals surface area contributed by atoms with Crippen LogP contribution in [0.5, 0.6) is 11.6 Å². The van der Waals surface area contributed by atoms with Crippen molar-refractivity contribution in [1.29, 1.82) is 0 Å². The number of pyridine rings is 1. The van der Waals surface area contributed by atoms with E-state index >= 15 is 0 Å². The number of nitrogens with zero attached hydrogens (tertiary/aromatic N) is 1. The second-order valence-corrected chi connectivity index (χ2v) is 4.69. The highest BCUT2D eigenvalue weighted by molar-refractivity contribution is 5.94. The van der Waals surface area contributed by atoms with Gasteiger partial charge in [0.1, 0.15) is 11.3 Å². The number of hydrogen-bond acceptors (Lipinski definition) is 7. The van der Waals surface area contributed by atoms with Gasteiger partial charge in [-0.05, 0) is 13.8 Å². The molecule has 0 saturated heterocycles. The maximum absolute atomic E-state index is 13.3. The summed E-state index contributed by atoms with van der Waals surface area (Å²) >= 11 is 0. The summed E-state index contributed by atoms with van der Waals surface area (Å²) in [6.45, 7) is 2.69. The lowest BCUT2D eigenvalue weighted by Crippen LogP contribution is -2.21. The third-order valence-electron chi connectivity index (χ3n) is 3.15. The van der Waals surface area contributed by atoms with Crippen LogP contribution in [0, 0.1) is 0 Å². The number of alkyl halides is 3. The molecule has 1 aromatic heterocycles. The van der Waals surface area contributed by atoms with E-state index in [1.54, 1.807) is 6.92 Å². The van der Waals surface area contributed by atoms with Gasteiger partial charge in [-0.25, -0.2) is 9.78 Å². The highest BCUT2D eigenvalue weighted by Gasteiger charge is 2.42. The highest BCUT2D eigenvalue weighted by Crippen LogP contribution is 2.40. The second kappa shape index (κ2) is 8.86. The average molecular weight is 367 g/mol. The van der Waals surface area contributed by atoms with E-state index in [4.69, 9.17) is 23.7 Å². The molecule has 1 atom stereocenters. The fraction of sp³-hybridized carbons (Fsp3) is 0.600. The van der Waals surface area contributed by atoms with Gasteiger partial charge in [0, 0.05) is 7.11 Å². The number of aromatic nitrogens is 1. The Morgan fingerprint density at radius 2 is 1.84 bits per heavy atom. The Balaban J connectivity index is 3.60. The van der Waals surface area contributed by atoms with E-state index in [0.29, 0.717) is 0 Å². The molecule has 10 heteroatoms. The van der Waals surface area contributed by atoms with Gasteiger partial charge in [-0.15, -0.1) is 0 Å². The molecule has 0 N–H and O–H groups in total. The first-order chi connectivity index (χ1) is 11.7. The smallest absolute Gasteiger partial charge is 0.434 e. The fourth-order valence-electron chi connectivity index (χ4n) is 1.97. The van der Waals surface area contributed by atoms with Crippen molar-refractivity contribution in [3.05, 3.63) is 16.8 Å². The maximum Gasteiger partial charge on any atom is 0.434 e. The minimum atomic E-state index is -4.91. The Morgan fingerprint density at radius 3 is 2.28 bits per heavy atom. The number of rotatable bonds is 8. The van der Waals surface area contributed by atoms with Crippen molar-refractivity contribution in [2.75, 3.05) is 27.9 Å². The predicted octanol–water partition coefficient (Wildman–Crippen LogP) is 2.80. The Kier molecular flexibility index (Phi) is 7.43. The largest absolute Gasteiger partial charge is 0.495 e. The lowest BCUT2D eigenvalue weighted by Gasteiger charge is -2.20. The monoisotopic (exact) mass is 367 g/mol. The summed E-state index contributed by atoms with van der Waals surface area (Å²) in [4.78, 5) is 15.5. The van der Waals surface area contributed by atoms with Crippen LogP contribution in [-0.2, 0) is 27.0 Å². The summed E-state index contributed by atoms with van der Waals surface area (Å²) in [5, 5.41) is 0. The first-order valence-corrected chi connectivity index (χ1v) is 7.24. The molecular weight excluding hydrogens is 347 g/mol. The van der Waals surface area contributed by atoms with Crippen molar-refractivity contribution in [3.8, 4) is 11.6 Å². The molecule has 1 rings (SSSR count). The number of carbonyl (C=O) groups excluding carboxylic acids is 1. The van der Waals surface area contributed by atoms with Crippen molar-refractivity contribution >= 4 is 5.97 Å². The van der Waals surface area contributed by atoms with E-state index in [1.807, 2.05) is 0 Å². The van der Waals surface area contributed by atoms with Crippen LogP contribution in [0.3, 0.4) is 0 Å². The lowest BCUT2D eigenvalue weighted by atomic mass is 10.1. The zero-order chi connectivity index (χ0) is 19.2. The molecule has 1 unspecified atom stereocenters.